The zero-order valence-corrected chi connectivity index (χ0v) is 16.1. The molecule has 0 spiro atoms. The first-order valence-electron chi connectivity index (χ1n) is 8.20. The molecule has 0 aromatic heterocycles. The fourth-order valence-electron chi connectivity index (χ4n) is 2.08. The maximum absolute atomic E-state index is 11.4. The van der Waals surface area contributed by atoms with Crippen LogP contribution >= 0.6 is 12.4 Å². The molecule has 2 aromatic carbocycles. The van der Waals surface area contributed by atoms with E-state index in [-0.39, 0.29) is 19.0 Å². The summed E-state index contributed by atoms with van der Waals surface area (Å²) in [5, 5.41) is 0. The van der Waals surface area contributed by atoms with Crippen LogP contribution in [0, 0.1) is 0 Å². The molecule has 2 N–H and O–H groups in total. The van der Waals surface area contributed by atoms with E-state index in [1.807, 2.05) is 24.3 Å². The number of nitrogen functional groups attached to an aromatic ring is 1. The van der Waals surface area contributed by atoms with Crippen molar-refractivity contribution in [3.8, 4) is 23.0 Å². The molecule has 0 aliphatic carbocycles. The van der Waals surface area contributed by atoms with Crippen molar-refractivity contribution in [1.82, 2.24) is 0 Å². The molecule has 0 aliphatic rings. The molecule has 27 heavy (non-hydrogen) atoms. The Morgan fingerprint density at radius 3 is 2.26 bits per heavy atom. The van der Waals surface area contributed by atoms with Gasteiger partial charge in [0.25, 0.3) is 0 Å². The van der Waals surface area contributed by atoms with Crippen molar-refractivity contribution in [2.45, 2.75) is 6.92 Å². The fourth-order valence-corrected chi connectivity index (χ4v) is 2.08. The van der Waals surface area contributed by atoms with E-state index in [4.69, 9.17) is 29.4 Å². The number of ether oxygens (including phenoxy) is 5. The Kier molecular flexibility index (Phi) is 9.68. The standard InChI is InChI=1S/C19H23NO6.ClH/c1-3-23-19(21)13-26-18-12-14(20)4-9-17(18)25-11-10-24-16-7-5-15(22-2)6-8-16;/h4-9,12H,3,10-11,13,20H2,1-2H3;1H. The van der Waals surface area contributed by atoms with Crippen LogP contribution in [0.3, 0.4) is 0 Å². The van der Waals surface area contributed by atoms with E-state index < -0.39 is 5.97 Å². The molecule has 0 heterocycles. The average Bonchev–Trinajstić information content (AvgIpc) is 2.65. The minimum atomic E-state index is -0.455. The molecule has 148 valence electrons. The smallest absolute Gasteiger partial charge is 0.344 e. The van der Waals surface area contributed by atoms with Crippen molar-refractivity contribution in [3.63, 3.8) is 0 Å². The van der Waals surface area contributed by atoms with Crippen molar-refractivity contribution >= 4 is 24.1 Å². The van der Waals surface area contributed by atoms with Crippen LogP contribution < -0.4 is 24.7 Å². The molecular formula is C19H24ClNO6. The lowest BCUT2D eigenvalue weighted by molar-refractivity contribution is -0.145. The largest absolute Gasteiger partial charge is 0.497 e. The molecule has 0 saturated heterocycles. The molecule has 0 aliphatic heterocycles. The van der Waals surface area contributed by atoms with Crippen LogP contribution in [0.25, 0.3) is 0 Å². The summed E-state index contributed by atoms with van der Waals surface area (Å²) >= 11 is 0. The summed E-state index contributed by atoms with van der Waals surface area (Å²) in [4.78, 5) is 11.4. The van der Waals surface area contributed by atoms with Gasteiger partial charge in [0.05, 0.1) is 13.7 Å². The van der Waals surface area contributed by atoms with Crippen LogP contribution in [0.15, 0.2) is 42.5 Å². The number of carbonyl (C=O) groups excluding carboxylic acids is 1. The lowest BCUT2D eigenvalue weighted by atomic mass is 10.3. The zero-order chi connectivity index (χ0) is 18.8. The van der Waals surface area contributed by atoms with Crippen LogP contribution in [0.4, 0.5) is 5.69 Å². The summed E-state index contributed by atoms with van der Waals surface area (Å²) in [7, 11) is 1.61. The highest BCUT2D eigenvalue weighted by molar-refractivity contribution is 5.85. The van der Waals surface area contributed by atoms with Gasteiger partial charge in [0.2, 0.25) is 0 Å². The Hall–Kier alpha value is -2.80. The third-order valence-corrected chi connectivity index (χ3v) is 3.29. The van der Waals surface area contributed by atoms with Crippen LogP contribution in [-0.4, -0.2) is 39.5 Å². The van der Waals surface area contributed by atoms with Gasteiger partial charge >= 0.3 is 5.97 Å². The second-order valence-electron chi connectivity index (χ2n) is 5.17. The van der Waals surface area contributed by atoms with Gasteiger partial charge in [0.15, 0.2) is 18.1 Å². The number of esters is 1. The van der Waals surface area contributed by atoms with E-state index in [1.165, 1.54) is 0 Å². The summed E-state index contributed by atoms with van der Waals surface area (Å²) in [5.74, 6) is 1.87. The van der Waals surface area contributed by atoms with Crippen LogP contribution in [0.5, 0.6) is 23.0 Å². The number of carbonyl (C=O) groups is 1. The minimum Gasteiger partial charge on any atom is -0.497 e. The van der Waals surface area contributed by atoms with Crippen molar-refractivity contribution in [3.05, 3.63) is 42.5 Å². The predicted octanol–water partition coefficient (Wildman–Crippen LogP) is 3.10. The first kappa shape index (κ1) is 22.2. The van der Waals surface area contributed by atoms with Crippen LogP contribution in [0.2, 0.25) is 0 Å². The van der Waals surface area contributed by atoms with Crippen LogP contribution in [0.1, 0.15) is 6.92 Å². The molecule has 0 amide bonds. The van der Waals surface area contributed by atoms with Crippen molar-refractivity contribution in [1.29, 1.82) is 0 Å². The highest BCUT2D eigenvalue weighted by Gasteiger charge is 2.09. The number of rotatable bonds is 10. The molecule has 0 saturated carbocycles. The summed E-state index contributed by atoms with van der Waals surface area (Å²) in [6.07, 6.45) is 0. The molecule has 2 rings (SSSR count). The van der Waals surface area contributed by atoms with E-state index >= 15 is 0 Å². The van der Waals surface area contributed by atoms with Crippen molar-refractivity contribution in [2.75, 3.05) is 39.3 Å². The molecule has 2 aromatic rings. The third kappa shape index (κ3) is 7.53. The normalized spacial score (nSPS) is 9.70. The molecule has 0 atom stereocenters. The number of methoxy groups -OCH3 is 1. The lowest BCUT2D eigenvalue weighted by Crippen LogP contribution is -2.15. The molecule has 0 bridgehead atoms. The Balaban J connectivity index is 0.00000364. The summed E-state index contributed by atoms with van der Waals surface area (Å²) in [6.45, 7) is 2.46. The lowest BCUT2D eigenvalue weighted by Gasteiger charge is -2.13. The SMILES string of the molecule is CCOC(=O)COc1cc(N)ccc1OCCOc1ccc(OC)cc1.Cl. The Labute approximate surface area is 164 Å². The van der Waals surface area contributed by atoms with Gasteiger partial charge < -0.3 is 29.4 Å². The Bertz CT molecular complexity index is 708. The van der Waals surface area contributed by atoms with E-state index in [2.05, 4.69) is 0 Å². The summed E-state index contributed by atoms with van der Waals surface area (Å²) in [5.41, 5.74) is 6.27. The Morgan fingerprint density at radius 1 is 0.926 bits per heavy atom. The topological polar surface area (TPSA) is 89.2 Å². The van der Waals surface area contributed by atoms with Gasteiger partial charge in [-0.3, -0.25) is 0 Å². The highest BCUT2D eigenvalue weighted by Crippen LogP contribution is 2.29. The molecular weight excluding hydrogens is 374 g/mol. The maximum atomic E-state index is 11.4. The second kappa shape index (κ2) is 11.7. The van der Waals surface area contributed by atoms with Gasteiger partial charge in [0, 0.05) is 11.8 Å². The zero-order valence-electron chi connectivity index (χ0n) is 15.3. The molecule has 7 nitrogen and oxygen atoms in total. The maximum Gasteiger partial charge on any atom is 0.344 e. The summed E-state index contributed by atoms with van der Waals surface area (Å²) < 4.78 is 26.6. The molecule has 0 unspecified atom stereocenters. The molecule has 0 fully saturated rings. The van der Waals surface area contributed by atoms with E-state index in [0.29, 0.717) is 42.8 Å². The number of halogens is 1. The third-order valence-electron chi connectivity index (χ3n) is 3.29. The predicted molar refractivity (Wildman–Crippen MR) is 104 cm³/mol. The first-order chi connectivity index (χ1) is 12.6. The fraction of sp³-hybridized carbons (Fsp3) is 0.316. The van der Waals surface area contributed by atoms with Crippen molar-refractivity contribution < 1.29 is 28.5 Å². The van der Waals surface area contributed by atoms with Gasteiger partial charge in [-0.05, 0) is 43.3 Å². The van der Waals surface area contributed by atoms with Gasteiger partial charge in [-0.25, -0.2) is 4.79 Å². The quantitative estimate of drug-likeness (QED) is 0.374. The number of nitrogens with two attached hydrogens (primary N) is 1. The Morgan fingerprint density at radius 2 is 1.59 bits per heavy atom. The molecule has 0 radical (unpaired) electrons. The number of hydrogen-bond donors (Lipinski definition) is 1. The van der Waals surface area contributed by atoms with Gasteiger partial charge in [-0.2, -0.15) is 0 Å². The number of benzene rings is 2. The second-order valence-corrected chi connectivity index (χ2v) is 5.17. The van der Waals surface area contributed by atoms with E-state index in [9.17, 15) is 4.79 Å². The minimum absolute atomic E-state index is 0. The van der Waals surface area contributed by atoms with Crippen molar-refractivity contribution in [2.24, 2.45) is 0 Å². The van der Waals surface area contributed by atoms with Gasteiger partial charge in [-0.15, -0.1) is 12.4 Å². The monoisotopic (exact) mass is 397 g/mol. The van der Waals surface area contributed by atoms with Crippen LogP contribution in [-0.2, 0) is 9.53 Å². The van der Waals surface area contributed by atoms with Gasteiger partial charge in [-0.1, -0.05) is 0 Å². The average molecular weight is 398 g/mol. The van der Waals surface area contributed by atoms with Gasteiger partial charge in [0.1, 0.15) is 24.7 Å². The van der Waals surface area contributed by atoms with E-state index in [1.54, 1.807) is 32.2 Å². The first-order valence-corrected chi connectivity index (χ1v) is 8.20. The van der Waals surface area contributed by atoms with E-state index in [0.717, 1.165) is 5.75 Å². The highest BCUT2D eigenvalue weighted by atomic mass is 35.5. The number of anilines is 1. The molecule has 8 heteroatoms. The number of hydrogen-bond acceptors (Lipinski definition) is 7. The summed E-state index contributed by atoms with van der Waals surface area (Å²) in [6, 6.07) is 12.2.